The zero-order valence-electron chi connectivity index (χ0n) is 10.1. The fourth-order valence-electron chi connectivity index (χ4n) is 1.95. The minimum absolute atomic E-state index is 0.0467. The van der Waals surface area contributed by atoms with Crippen LogP contribution in [0.2, 0.25) is 0 Å². The van der Waals surface area contributed by atoms with Crippen LogP contribution in [0.5, 0.6) is 5.75 Å². The lowest BCUT2D eigenvalue weighted by Crippen LogP contribution is -2.00. The van der Waals surface area contributed by atoms with Crippen molar-refractivity contribution in [1.82, 2.24) is 0 Å². The molecule has 0 bridgehead atoms. The Morgan fingerprint density at radius 2 is 2.00 bits per heavy atom. The molecular formula is C15H15NO2. The highest BCUT2D eigenvalue weighted by Gasteiger charge is 2.07. The molecule has 0 aliphatic heterocycles. The topological polar surface area (TPSA) is 53.2 Å². The summed E-state index contributed by atoms with van der Waals surface area (Å²) in [7, 11) is 0. The van der Waals surface area contributed by atoms with Crippen LogP contribution in [0.4, 0.5) is 0 Å². The summed E-state index contributed by atoms with van der Waals surface area (Å²) in [5.74, 6) is 0.703. The first-order valence-corrected chi connectivity index (χ1v) is 5.98. The molecule has 0 unspecified atom stereocenters. The van der Waals surface area contributed by atoms with Crippen molar-refractivity contribution in [2.75, 3.05) is 6.61 Å². The maximum absolute atomic E-state index is 9.49. The van der Waals surface area contributed by atoms with Crippen LogP contribution < -0.4 is 4.74 Å². The quantitative estimate of drug-likeness (QED) is 0.819. The summed E-state index contributed by atoms with van der Waals surface area (Å²) < 4.78 is 5.63. The molecule has 0 saturated carbocycles. The maximum atomic E-state index is 9.49. The van der Waals surface area contributed by atoms with Gasteiger partial charge in [0, 0.05) is 12.0 Å². The SMILES string of the molecule is N#CCCCOc1ccc2ccccc2c1CO. The minimum Gasteiger partial charge on any atom is -0.493 e. The number of aliphatic hydroxyl groups excluding tert-OH is 1. The average molecular weight is 241 g/mol. The molecule has 18 heavy (non-hydrogen) atoms. The molecule has 92 valence electrons. The van der Waals surface area contributed by atoms with Gasteiger partial charge in [-0.15, -0.1) is 0 Å². The van der Waals surface area contributed by atoms with E-state index in [1.54, 1.807) is 0 Å². The highest BCUT2D eigenvalue weighted by molar-refractivity contribution is 5.87. The van der Waals surface area contributed by atoms with E-state index in [2.05, 4.69) is 6.07 Å². The molecule has 1 N–H and O–H groups in total. The molecule has 3 nitrogen and oxygen atoms in total. The average Bonchev–Trinajstić information content (AvgIpc) is 2.43. The van der Waals surface area contributed by atoms with Gasteiger partial charge in [-0.2, -0.15) is 5.26 Å². The zero-order valence-corrected chi connectivity index (χ0v) is 10.1. The number of nitrogens with zero attached hydrogens (tertiary/aromatic N) is 1. The number of benzene rings is 2. The number of hydrogen-bond donors (Lipinski definition) is 1. The number of nitriles is 1. The Labute approximate surface area is 106 Å². The fourth-order valence-corrected chi connectivity index (χ4v) is 1.95. The van der Waals surface area contributed by atoms with E-state index in [-0.39, 0.29) is 6.61 Å². The first-order chi connectivity index (χ1) is 8.86. The predicted octanol–water partition coefficient (Wildman–Crippen LogP) is 3.01. The first-order valence-electron chi connectivity index (χ1n) is 5.98. The summed E-state index contributed by atoms with van der Waals surface area (Å²) in [6.07, 6.45) is 1.19. The summed E-state index contributed by atoms with van der Waals surface area (Å²) in [5.41, 5.74) is 0.810. The van der Waals surface area contributed by atoms with Crippen LogP contribution in [0.25, 0.3) is 10.8 Å². The predicted molar refractivity (Wildman–Crippen MR) is 70.2 cm³/mol. The molecule has 0 fully saturated rings. The van der Waals surface area contributed by atoms with Crippen molar-refractivity contribution >= 4 is 10.8 Å². The van der Waals surface area contributed by atoms with Gasteiger partial charge in [-0.25, -0.2) is 0 Å². The van der Waals surface area contributed by atoms with Crippen LogP contribution in [-0.2, 0) is 6.61 Å². The van der Waals surface area contributed by atoms with Crippen LogP contribution >= 0.6 is 0 Å². The maximum Gasteiger partial charge on any atom is 0.125 e. The van der Waals surface area contributed by atoms with Crippen LogP contribution in [0.1, 0.15) is 18.4 Å². The summed E-state index contributed by atoms with van der Waals surface area (Å²) in [5, 5.41) is 20.0. The van der Waals surface area contributed by atoms with E-state index in [0.29, 0.717) is 25.2 Å². The molecule has 0 aliphatic rings. The number of ether oxygens (including phenoxy) is 1. The minimum atomic E-state index is -0.0467. The van der Waals surface area contributed by atoms with Gasteiger partial charge in [0.25, 0.3) is 0 Å². The van der Waals surface area contributed by atoms with Crippen LogP contribution in [0, 0.1) is 11.3 Å². The molecule has 2 rings (SSSR count). The van der Waals surface area contributed by atoms with Crippen LogP contribution in [-0.4, -0.2) is 11.7 Å². The molecule has 0 saturated heterocycles. The van der Waals surface area contributed by atoms with E-state index in [1.807, 2.05) is 36.4 Å². The lowest BCUT2D eigenvalue weighted by Gasteiger charge is -2.12. The number of aliphatic hydroxyl groups is 1. The number of unbranched alkanes of at least 4 members (excludes halogenated alkanes) is 1. The monoisotopic (exact) mass is 241 g/mol. The van der Waals surface area contributed by atoms with Gasteiger partial charge in [-0.1, -0.05) is 30.3 Å². The second-order valence-electron chi connectivity index (χ2n) is 4.03. The Balaban J connectivity index is 2.25. The Morgan fingerprint density at radius 3 is 2.78 bits per heavy atom. The number of hydrogen-bond acceptors (Lipinski definition) is 3. The Morgan fingerprint density at radius 1 is 1.17 bits per heavy atom. The van der Waals surface area contributed by atoms with Gasteiger partial charge in [-0.3, -0.25) is 0 Å². The molecule has 0 atom stereocenters. The second kappa shape index (κ2) is 6.04. The van der Waals surface area contributed by atoms with Crippen molar-refractivity contribution in [2.24, 2.45) is 0 Å². The van der Waals surface area contributed by atoms with E-state index in [9.17, 15) is 5.11 Å². The lowest BCUT2D eigenvalue weighted by molar-refractivity contribution is 0.263. The van der Waals surface area contributed by atoms with Gasteiger partial charge in [0.1, 0.15) is 5.75 Å². The molecule has 0 heterocycles. The summed E-state index contributed by atoms with van der Waals surface area (Å²) in [4.78, 5) is 0. The molecule has 3 heteroatoms. The second-order valence-corrected chi connectivity index (χ2v) is 4.03. The van der Waals surface area contributed by atoms with Crippen molar-refractivity contribution < 1.29 is 9.84 Å². The molecule has 0 radical (unpaired) electrons. The fraction of sp³-hybridized carbons (Fsp3) is 0.267. The Bertz CT molecular complexity index is 572. The van der Waals surface area contributed by atoms with Gasteiger partial charge in [0.15, 0.2) is 0 Å². The van der Waals surface area contributed by atoms with E-state index >= 15 is 0 Å². The van der Waals surface area contributed by atoms with Crippen LogP contribution in [0.15, 0.2) is 36.4 Å². The first kappa shape index (κ1) is 12.4. The smallest absolute Gasteiger partial charge is 0.125 e. The van der Waals surface area contributed by atoms with Crippen molar-refractivity contribution in [3.05, 3.63) is 42.0 Å². The van der Waals surface area contributed by atoms with Gasteiger partial charge in [0.2, 0.25) is 0 Å². The van der Waals surface area contributed by atoms with E-state index in [4.69, 9.17) is 10.00 Å². The van der Waals surface area contributed by atoms with Crippen molar-refractivity contribution in [2.45, 2.75) is 19.4 Å². The Hall–Kier alpha value is -2.05. The zero-order chi connectivity index (χ0) is 12.8. The highest BCUT2D eigenvalue weighted by atomic mass is 16.5. The standard InChI is InChI=1S/C15H15NO2/c16-9-3-4-10-18-15-8-7-12-5-1-2-6-13(12)14(15)11-17/h1-2,5-8,17H,3-4,10-11H2. The third kappa shape index (κ3) is 2.61. The van der Waals surface area contributed by atoms with E-state index in [0.717, 1.165) is 16.3 Å². The highest BCUT2D eigenvalue weighted by Crippen LogP contribution is 2.28. The van der Waals surface area contributed by atoms with Crippen LogP contribution in [0.3, 0.4) is 0 Å². The van der Waals surface area contributed by atoms with Gasteiger partial charge in [-0.05, 0) is 23.3 Å². The summed E-state index contributed by atoms with van der Waals surface area (Å²) in [6, 6.07) is 13.8. The van der Waals surface area contributed by atoms with E-state index in [1.165, 1.54) is 0 Å². The van der Waals surface area contributed by atoms with Gasteiger partial charge >= 0.3 is 0 Å². The van der Waals surface area contributed by atoms with Gasteiger partial charge < -0.3 is 9.84 Å². The lowest BCUT2D eigenvalue weighted by atomic mass is 10.0. The molecule has 0 spiro atoms. The third-order valence-corrected chi connectivity index (χ3v) is 2.85. The molecule has 0 aliphatic carbocycles. The largest absolute Gasteiger partial charge is 0.493 e. The van der Waals surface area contributed by atoms with Crippen molar-refractivity contribution in [3.8, 4) is 11.8 Å². The number of fused-ring (bicyclic) bond motifs is 1. The van der Waals surface area contributed by atoms with Crippen molar-refractivity contribution in [1.29, 1.82) is 5.26 Å². The summed E-state index contributed by atoms with van der Waals surface area (Å²) >= 11 is 0. The van der Waals surface area contributed by atoms with E-state index < -0.39 is 0 Å². The molecule has 2 aromatic carbocycles. The molecule has 2 aromatic rings. The van der Waals surface area contributed by atoms with Gasteiger partial charge in [0.05, 0.1) is 19.3 Å². The number of rotatable bonds is 5. The molecule has 0 amide bonds. The molecular weight excluding hydrogens is 226 g/mol. The normalized spacial score (nSPS) is 10.2. The Kier molecular flexibility index (Phi) is 4.16. The summed E-state index contributed by atoms with van der Waals surface area (Å²) in [6.45, 7) is 0.452. The molecule has 0 aromatic heterocycles. The van der Waals surface area contributed by atoms with Crippen molar-refractivity contribution in [3.63, 3.8) is 0 Å². The third-order valence-electron chi connectivity index (χ3n) is 2.85.